The molecule has 0 amide bonds. The van der Waals surface area contributed by atoms with Crippen LogP contribution in [-0.4, -0.2) is 23.1 Å². The van der Waals surface area contributed by atoms with Gasteiger partial charge in [-0.3, -0.25) is 0 Å². The molecule has 3 heterocycles. The maximum atomic E-state index is 4.53. The monoisotopic (exact) mass is 229 g/mol. The average Bonchev–Trinajstić information content (AvgIpc) is 2.71. The molecule has 0 bridgehead atoms. The van der Waals surface area contributed by atoms with E-state index in [-0.39, 0.29) is 0 Å². The van der Waals surface area contributed by atoms with E-state index in [1.54, 1.807) is 0 Å². The predicted octanol–water partition coefficient (Wildman–Crippen LogP) is 2.58. The number of hydrogen-bond acceptors (Lipinski definition) is 2. The van der Waals surface area contributed by atoms with Crippen molar-refractivity contribution >= 4 is 11.0 Å². The Labute approximate surface area is 102 Å². The lowest BCUT2D eigenvalue weighted by Crippen LogP contribution is -2.33. The Hall–Kier alpha value is -1.35. The molecule has 90 valence electrons. The van der Waals surface area contributed by atoms with Crippen molar-refractivity contribution in [3.8, 4) is 0 Å². The second kappa shape index (κ2) is 4.15. The second-order valence-corrected chi connectivity index (χ2v) is 5.29. The number of H-pyrrole nitrogens is 1. The van der Waals surface area contributed by atoms with Crippen LogP contribution >= 0.6 is 0 Å². The SMILES string of the molecule is Cc1ccc2c([C@@H]3CNC[C@H](C)C3)c[nH]c2n1. The number of aromatic amines is 1. The number of hydrogen-bond donors (Lipinski definition) is 2. The van der Waals surface area contributed by atoms with Gasteiger partial charge in [0, 0.05) is 23.8 Å². The summed E-state index contributed by atoms with van der Waals surface area (Å²) in [6.45, 7) is 6.59. The molecule has 0 aliphatic carbocycles. The molecule has 1 aliphatic rings. The lowest BCUT2D eigenvalue weighted by atomic mass is 9.86. The topological polar surface area (TPSA) is 40.7 Å². The minimum atomic E-state index is 0.622. The van der Waals surface area contributed by atoms with Gasteiger partial charge in [-0.25, -0.2) is 4.98 Å². The van der Waals surface area contributed by atoms with Gasteiger partial charge in [0.1, 0.15) is 5.65 Å². The highest BCUT2D eigenvalue weighted by Gasteiger charge is 2.22. The Morgan fingerprint density at radius 2 is 2.18 bits per heavy atom. The molecule has 3 nitrogen and oxygen atoms in total. The molecule has 2 N–H and O–H groups in total. The van der Waals surface area contributed by atoms with Gasteiger partial charge in [-0.05, 0) is 49.4 Å². The summed E-state index contributed by atoms with van der Waals surface area (Å²) < 4.78 is 0. The lowest BCUT2D eigenvalue weighted by molar-refractivity contribution is 0.365. The van der Waals surface area contributed by atoms with Crippen LogP contribution in [0, 0.1) is 12.8 Å². The van der Waals surface area contributed by atoms with E-state index in [1.165, 1.54) is 17.4 Å². The summed E-state index contributed by atoms with van der Waals surface area (Å²) in [6, 6.07) is 4.29. The molecule has 2 aromatic rings. The second-order valence-electron chi connectivity index (χ2n) is 5.29. The molecule has 0 unspecified atom stereocenters. The van der Waals surface area contributed by atoms with Crippen molar-refractivity contribution in [2.75, 3.05) is 13.1 Å². The first-order valence-electron chi connectivity index (χ1n) is 6.39. The fourth-order valence-corrected chi connectivity index (χ4v) is 2.85. The summed E-state index contributed by atoms with van der Waals surface area (Å²) in [5.41, 5.74) is 3.52. The fourth-order valence-electron chi connectivity index (χ4n) is 2.85. The number of fused-ring (bicyclic) bond motifs is 1. The summed E-state index contributed by atoms with van der Waals surface area (Å²) in [5, 5.41) is 4.80. The van der Waals surface area contributed by atoms with Crippen molar-refractivity contribution in [3.63, 3.8) is 0 Å². The van der Waals surface area contributed by atoms with E-state index in [1.807, 2.05) is 6.92 Å². The molecule has 1 saturated heterocycles. The van der Waals surface area contributed by atoms with Crippen molar-refractivity contribution in [1.29, 1.82) is 0 Å². The molecule has 1 fully saturated rings. The predicted molar refractivity (Wildman–Crippen MR) is 70.2 cm³/mol. The van der Waals surface area contributed by atoms with Gasteiger partial charge in [0.2, 0.25) is 0 Å². The molecular weight excluding hydrogens is 210 g/mol. The van der Waals surface area contributed by atoms with Crippen LogP contribution in [0.15, 0.2) is 18.3 Å². The van der Waals surface area contributed by atoms with Crippen LogP contribution in [0.3, 0.4) is 0 Å². The highest BCUT2D eigenvalue weighted by atomic mass is 14.9. The number of aromatic nitrogens is 2. The van der Waals surface area contributed by atoms with Crippen LogP contribution in [0.25, 0.3) is 11.0 Å². The van der Waals surface area contributed by atoms with Gasteiger partial charge in [0.25, 0.3) is 0 Å². The summed E-state index contributed by atoms with van der Waals surface area (Å²) in [5.74, 6) is 1.38. The third kappa shape index (κ3) is 1.95. The summed E-state index contributed by atoms with van der Waals surface area (Å²) >= 11 is 0. The Kier molecular flexibility index (Phi) is 2.63. The number of nitrogens with one attached hydrogen (secondary N) is 2. The maximum absolute atomic E-state index is 4.53. The minimum Gasteiger partial charge on any atom is -0.346 e. The van der Waals surface area contributed by atoms with E-state index in [0.29, 0.717) is 5.92 Å². The van der Waals surface area contributed by atoms with Gasteiger partial charge < -0.3 is 10.3 Å². The number of pyridine rings is 1. The maximum Gasteiger partial charge on any atom is 0.137 e. The van der Waals surface area contributed by atoms with Crippen LogP contribution < -0.4 is 5.32 Å². The van der Waals surface area contributed by atoms with Crippen molar-refractivity contribution in [1.82, 2.24) is 15.3 Å². The van der Waals surface area contributed by atoms with Gasteiger partial charge in [0.15, 0.2) is 0 Å². The van der Waals surface area contributed by atoms with E-state index in [2.05, 4.69) is 40.5 Å². The van der Waals surface area contributed by atoms with E-state index in [9.17, 15) is 0 Å². The minimum absolute atomic E-state index is 0.622. The normalized spacial score (nSPS) is 25.3. The average molecular weight is 229 g/mol. The zero-order valence-electron chi connectivity index (χ0n) is 10.5. The molecular formula is C14H19N3. The van der Waals surface area contributed by atoms with Crippen LogP contribution in [-0.2, 0) is 0 Å². The Bertz CT molecular complexity index is 529. The Morgan fingerprint density at radius 1 is 1.29 bits per heavy atom. The van der Waals surface area contributed by atoms with E-state index in [4.69, 9.17) is 0 Å². The first-order chi connectivity index (χ1) is 8.24. The first-order valence-corrected chi connectivity index (χ1v) is 6.39. The van der Waals surface area contributed by atoms with Crippen LogP contribution in [0.5, 0.6) is 0 Å². The smallest absolute Gasteiger partial charge is 0.137 e. The first kappa shape index (κ1) is 10.8. The van der Waals surface area contributed by atoms with Crippen LogP contribution in [0.1, 0.15) is 30.5 Å². The fraction of sp³-hybridized carbons (Fsp3) is 0.500. The molecule has 2 aromatic heterocycles. The molecule has 17 heavy (non-hydrogen) atoms. The number of rotatable bonds is 1. The Balaban J connectivity index is 1.99. The highest BCUT2D eigenvalue weighted by molar-refractivity contribution is 5.80. The van der Waals surface area contributed by atoms with Crippen molar-refractivity contribution < 1.29 is 0 Å². The lowest BCUT2D eigenvalue weighted by Gasteiger charge is -2.27. The largest absolute Gasteiger partial charge is 0.346 e. The molecule has 3 heteroatoms. The van der Waals surface area contributed by atoms with Crippen molar-refractivity contribution in [2.45, 2.75) is 26.2 Å². The van der Waals surface area contributed by atoms with Gasteiger partial charge in [-0.15, -0.1) is 0 Å². The van der Waals surface area contributed by atoms with Crippen LogP contribution in [0.2, 0.25) is 0 Å². The standard InChI is InChI=1S/C14H19N3/c1-9-5-11(7-15-6-9)13-8-16-14-12(13)4-3-10(2)17-14/h3-4,8-9,11,15H,5-7H2,1-2H3,(H,16,17)/t9-,11+/m1/s1. The summed E-state index contributed by atoms with van der Waals surface area (Å²) in [4.78, 5) is 7.84. The van der Waals surface area contributed by atoms with Gasteiger partial charge in [-0.2, -0.15) is 0 Å². The highest BCUT2D eigenvalue weighted by Crippen LogP contribution is 2.31. The summed E-state index contributed by atoms with van der Waals surface area (Å²) in [6.07, 6.45) is 3.41. The molecule has 0 aromatic carbocycles. The number of piperidine rings is 1. The molecule has 0 radical (unpaired) electrons. The molecule has 0 saturated carbocycles. The zero-order chi connectivity index (χ0) is 11.8. The molecule has 1 aliphatic heterocycles. The number of aryl methyl sites for hydroxylation is 1. The van der Waals surface area contributed by atoms with Crippen molar-refractivity contribution in [3.05, 3.63) is 29.6 Å². The zero-order valence-corrected chi connectivity index (χ0v) is 10.5. The molecule has 0 spiro atoms. The quantitative estimate of drug-likeness (QED) is 0.789. The van der Waals surface area contributed by atoms with Gasteiger partial charge in [0.05, 0.1) is 0 Å². The molecule has 3 rings (SSSR count). The van der Waals surface area contributed by atoms with Gasteiger partial charge >= 0.3 is 0 Å². The third-order valence-corrected chi connectivity index (χ3v) is 3.72. The van der Waals surface area contributed by atoms with Gasteiger partial charge in [-0.1, -0.05) is 6.92 Å². The van der Waals surface area contributed by atoms with E-state index in [0.717, 1.165) is 30.3 Å². The van der Waals surface area contributed by atoms with Crippen LogP contribution in [0.4, 0.5) is 0 Å². The third-order valence-electron chi connectivity index (χ3n) is 3.72. The summed E-state index contributed by atoms with van der Waals surface area (Å²) in [7, 11) is 0. The number of nitrogens with zero attached hydrogens (tertiary/aromatic N) is 1. The van der Waals surface area contributed by atoms with E-state index < -0.39 is 0 Å². The molecule has 2 atom stereocenters. The van der Waals surface area contributed by atoms with Crippen molar-refractivity contribution in [2.24, 2.45) is 5.92 Å². The Morgan fingerprint density at radius 3 is 3.00 bits per heavy atom. The van der Waals surface area contributed by atoms with E-state index >= 15 is 0 Å².